The highest BCUT2D eigenvalue weighted by Gasteiger charge is 2.17. The monoisotopic (exact) mass is 206 g/mol. The van der Waals surface area contributed by atoms with Crippen LogP contribution in [0.4, 0.5) is 5.95 Å². The van der Waals surface area contributed by atoms with Gasteiger partial charge in [0, 0.05) is 31.5 Å². The van der Waals surface area contributed by atoms with E-state index in [2.05, 4.69) is 27.1 Å². The zero-order valence-corrected chi connectivity index (χ0v) is 9.19. The normalized spacial score (nSPS) is 19.0. The number of aromatic nitrogens is 2. The lowest BCUT2D eigenvalue weighted by molar-refractivity contribution is 0.229. The van der Waals surface area contributed by atoms with Crippen LogP contribution in [-0.2, 0) is 0 Å². The third-order valence-corrected chi connectivity index (χ3v) is 2.93. The van der Waals surface area contributed by atoms with Gasteiger partial charge in [0.25, 0.3) is 0 Å². The first-order valence-corrected chi connectivity index (χ1v) is 5.64. The van der Waals surface area contributed by atoms with Crippen molar-refractivity contribution in [3.05, 3.63) is 18.5 Å². The maximum absolute atomic E-state index is 4.18. The van der Waals surface area contributed by atoms with Gasteiger partial charge < -0.3 is 10.2 Å². The van der Waals surface area contributed by atoms with E-state index in [0.717, 1.165) is 12.5 Å². The van der Waals surface area contributed by atoms with Crippen LogP contribution in [0.1, 0.15) is 19.8 Å². The van der Waals surface area contributed by atoms with Gasteiger partial charge in [-0.3, -0.25) is 0 Å². The van der Waals surface area contributed by atoms with Crippen molar-refractivity contribution >= 4 is 5.95 Å². The largest absolute Gasteiger partial charge is 0.351 e. The van der Waals surface area contributed by atoms with Crippen LogP contribution in [0.25, 0.3) is 0 Å². The predicted octanol–water partition coefficient (Wildman–Crippen LogP) is 1.37. The number of nitrogens with zero attached hydrogens (tertiary/aromatic N) is 3. The Bertz CT molecular complexity index is 280. The van der Waals surface area contributed by atoms with E-state index in [4.69, 9.17) is 0 Å². The summed E-state index contributed by atoms with van der Waals surface area (Å²) in [5.74, 6) is 0.757. The molecule has 1 N–H and O–H groups in total. The minimum Gasteiger partial charge on any atom is -0.351 e. The van der Waals surface area contributed by atoms with Crippen molar-refractivity contribution in [2.45, 2.75) is 25.8 Å². The van der Waals surface area contributed by atoms with Gasteiger partial charge in [0.05, 0.1) is 0 Å². The summed E-state index contributed by atoms with van der Waals surface area (Å²) in [6.45, 7) is 5.74. The van der Waals surface area contributed by atoms with Crippen LogP contribution in [0.2, 0.25) is 0 Å². The van der Waals surface area contributed by atoms with Crippen LogP contribution < -0.4 is 5.32 Å². The van der Waals surface area contributed by atoms with E-state index >= 15 is 0 Å². The predicted molar refractivity (Wildman–Crippen MR) is 60.8 cm³/mol. The third kappa shape index (κ3) is 2.89. The summed E-state index contributed by atoms with van der Waals surface area (Å²) in [6, 6.07) is 2.38. The molecule has 0 amide bonds. The zero-order valence-electron chi connectivity index (χ0n) is 9.19. The summed E-state index contributed by atoms with van der Waals surface area (Å²) in [6.07, 6.45) is 5.92. The number of anilines is 1. The van der Waals surface area contributed by atoms with Crippen molar-refractivity contribution in [2.75, 3.05) is 25.0 Å². The lowest BCUT2D eigenvalue weighted by Crippen LogP contribution is -2.39. The van der Waals surface area contributed by atoms with Crippen LogP contribution in [0, 0.1) is 0 Å². The quantitative estimate of drug-likeness (QED) is 0.811. The van der Waals surface area contributed by atoms with Crippen LogP contribution in [0.15, 0.2) is 18.5 Å². The van der Waals surface area contributed by atoms with E-state index in [0.29, 0.717) is 6.04 Å². The van der Waals surface area contributed by atoms with Crippen molar-refractivity contribution in [1.29, 1.82) is 0 Å². The van der Waals surface area contributed by atoms with Gasteiger partial charge in [0.1, 0.15) is 0 Å². The standard InChI is InChI=1S/C11H18N4/c1-2-15-8-4-10(5-9-15)14-11-12-6-3-7-13-11/h3,6-7,10H,2,4-5,8-9H2,1H3,(H,12,13,14). The molecule has 1 saturated heterocycles. The summed E-state index contributed by atoms with van der Waals surface area (Å²) in [7, 11) is 0. The molecule has 1 aliphatic heterocycles. The summed E-state index contributed by atoms with van der Waals surface area (Å²) in [5.41, 5.74) is 0. The number of hydrogen-bond acceptors (Lipinski definition) is 4. The molecule has 0 spiro atoms. The first-order valence-electron chi connectivity index (χ1n) is 5.64. The molecule has 0 atom stereocenters. The topological polar surface area (TPSA) is 41.0 Å². The molecule has 0 aromatic carbocycles. The van der Waals surface area contributed by atoms with Crippen molar-refractivity contribution in [2.24, 2.45) is 0 Å². The van der Waals surface area contributed by atoms with Gasteiger partial charge in [-0.05, 0) is 25.5 Å². The van der Waals surface area contributed by atoms with Crippen molar-refractivity contribution in [3.63, 3.8) is 0 Å². The fourth-order valence-electron chi connectivity index (χ4n) is 1.95. The number of piperidine rings is 1. The van der Waals surface area contributed by atoms with Gasteiger partial charge in [-0.15, -0.1) is 0 Å². The fraction of sp³-hybridized carbons (Fsp3) is 0.636. The van der Waals surface area contributed by atoms with Gasteiger partial charge in [0.15, 0.2) is 0 Å². The molecule has 4 nitrogen and oxygen atoms in total. The minimum absolute atomic E-state index is 0.537. The fourth-order valence-corrected chi connectivity index (χ4v) is 1.95. The van der Waals surface area contributed by atoms with Crippen LogP contribution in [0.5, 0.6) is 0 Å². The molecule has 82 valence electrons. The first kappa shape index (κ1) is 10.4. The molecule has 0 radical (unpaired) electrons. The van der Waals surface area contributed by atoms with E-state index in [9.17, 15) is 0 Å². The van der Waals surface area contributed by atoms with Crippen molar-refractivity contribution in [3.8, 4) is 0 Å². The molecule has 0 bridgehead atoms. The first-order chi connectivity index (χ1) is 7.38. The number of rotatable bonds is 3. The lowest BCUT2D eigenvalue weighted by atomic mass is 10.1. The second-order valence-electron chi connectivity index (χ2n) is 3.93. The van der Waals surface area contributed by atoms with Gasteiger partial charge in [0.2, 0.25) is 5.95 Å². The molecule has 0 aliphatic carbocycles. The molecule has 2 heterocycles. The Hall–Kier alpha value is -1.16. The van der Waals surface area contributed by atoms with Crippen LogP contribution in [0.3, 0.4) is 0 Å². The van der Waals surface area contributed by atoms with E-state index in [-0.39, 0.29) is 0 Å². The molecule has 15 heavy (non-hydrogen) atoms. The molecule has 1 fully saturated rings. The van der Waals surface area contributed by atoms with Gasteiger partial charge in [-0.2, -0.15) is 0 Å². The van der Waals surface area contributed by atoms with E-state index in [1.165, 1.54) is 25.9 Å². The second kappa shape index (κ2) is 5.07. The average Bonchev–Trinajstić information content (AvgIpc) is 2.31. The molecule has 4 heteroatoms. The summed E-state index contributed by atoms with van der Waals surface area (Å²) >= 11 is 0. The second-order valence-corrected chi connectivity index (χ2v) is 3.93. The summed E-state index contributed by atoms with van der Waals surface area (Å²) < 4.78 is 0. The SMILES string of the molecule is CCN1CCC(Nc2ncccn2)CC1. The highest BCUT2D eigenvalue weighted by Crippen LogP contribution is 2.13. The molecular formula is C11H18N4. The molecule has 2 rings (SSSR count). The maximum atomic E-state index is 4.18. The highest BCUT2D eigenvalue weighted by atomic mass is 15.2. The Morgan fingerprint density at radius 3 is 2.60 bits per heavy atom. The number of likely N-dealkylation sites (tertiary alicyclic amines) is 1. The van der Waals surface area contributed by atoms with Gasteiger partial charge >= 0.3 is 0 Å². The van der Waals surface area contributed by atoms with Crippen LogP contribution >= 0.6 is 0 Å². The Morgan fingerprint density at radius 2 is 2.00 bits per heavy atom. The van der Waals surface area contributed by atoms with Gasteiger partial charge in [-0.25, -0.2) is 9.97 Å². The Morgan fingerprint density at radius 1 is 1.33 bits per heavy atom. The molecular weight excluding hydrogens is 188 g/mol. The van der Waals surface area contributed by atoms with Crippen molar-refractivity contribution in [1.82, 2.24) is 14.9 Å². The van der Waals surface area contributed by atoms with E-state index in [1.807, 2.05) is 6.07 Å². The third-order valence-electron chi connectivity index (χ3n) is 2.93. The summed E-state index contributed by atoms with van der Waals surface area (Å²) in [4.78, 5) is 10.8. The Kier molecular flexibility index (Phi) is 3.50. The highest BCUT2D eigenvalue weighted by molar-refractivity contribution is 5.24. The number of hydrogen-bond donors (Lipinski definition) is 1. The molecule has 0 unspecified atom stereocenters. The molecule has 1 aromatic rings. The van der Waals surface area contributed by atoms with E-state index in [1.54, 1.807) is 12.4 Å². The Balaban J connectivity index is 1.82. The molecule has 0 saturated carbocycles. The Labute approximate surface area is 90.7 Å². The molecule has 1 aromatic heterocycles. The van der Waals surface area contributed by atoms with E-state index < -0.39 is 0 Å². The average molecular weight is 206 g/mol. The summed E-state index contributed by atoms with van der Waals surface area (Å²) in [5, 5.41) is 3.38. The molecule has 1 aliphatic rings. The van der Waals surface area contributed by atoms with Crippen LogP contribution in [-0.4, -0.2) is 40.5 Å². The number of nitrogens with one attached hydrogen (secondary N) is 1. The van der Waals surface area contributed by atoms with Crippen molar-refractivity contribution < 1.29 is 0 Å². The zero-order chi connectivity index (χ0) is 10.5. The smallest absolute Gasteiger partial charge is 0.222 e. The minimum atomic E-state index is 0.537. The lowest BCUT2D eigenvalue weighted by Gasteiger charge is -2.31. The van der Waals surface area contributed by atoms with Gasteiger partial charge in [-0.1, -0.05) is 6.92 Å². The maximum Gasteiger partial charge on any atom is 0.222 e.